The zero-order valence-electron chi connectivity index (χ0n) is 20.2. The van der Waals surface area contributed by atoms with Crippen LogP contribution < -0.4 is 16.0 Å². The van der Waals surface area contributed by atoms with Gasteiger partial charge in [0.15, 0.2) is 5.78 Å². The van der Waals surface area contributed by atoms with Crippen LogP contribution in [0.3, 0.4) is 0 Å². The number of rotatable bonds is 8. The highest BCUT2D eigenvalue weighted by atomic mass is 16.3. The van der Waals surface area contributed by atoms with Crippen LogP contribution in [-0.2, 0) is 14.4 Å². The van der Waals surface area contributed by atoms with Crippen LogP contribution in [0.2, 0.25) is 0 Å². The molecule has 0 bridgehead atoms. The summed E-state index contributed by atoms with van der Waals surface area (Å²) in [6, 6.07) is 3.98. The summed E-state index contributed by atoms with van der Waals surface area (Å²) in [6.07, 6.45) is 0.862. The quantitative estimate of drug-likeness (QED) is 0.467. The topological polar surface area (TPSA) is 136 Å². The average molecular weight is 474 g/mol. The number of hydrogen-bond donors (Lipinski definition) is 3. The number of amides is 3. The molecule has 4 atom stereocenters. The molecule has 1 unspecified atom stereocenters. The third-order valence-electron chi connectivity index (χ3n) is 6.46. The minimum absolute atomic E-state index is 0.128. The van der Waals surface area contributed by atoms with Crippen molar-refractivity contribution in [1.29, 1.82) is 0 Å². The maximum atomic E-state index is 13.5. The number of aliphatic hydroxyl groups excluding tert-OH is 1. The van der Waals surface area contributed by atoms with Crippen LogP contribution >= 0.6 is 0 Å². The average Bonchev–Trinajstić information content (AvgIpc) is 3.38. The van der Waals surface area contributed by atoms with Crippen molar-refractivity contribution in [3.8, 4) is 0 Å². The molecule has 4 N–H and O–H groups in total. The van der Waals surface area contributed by atoms with Crippen LogP contribution in [0.1, 0.15) is 37.0 Å². The molecule has 186 valence electrons. The zero-order valence-corrected chi connectivity index (χ0v) is 20.2. The predicted octanol–water partition coefficient (Wildman–Crippen LogP) is -0.402. The van der Waals surface area contributed by atoms with Crippen LogP contribution in [0.4, 0.5) is 5.69 Å². The van der Waals surface area contributed by atoms with Gasteiger partial charge in [-0.05, 0) is 43.0 Å². The molecule has 34 heavy (non-hydrogen) atoms. The molecule has 2 heterocycles. The second kappa shape index (κ2) is 10.5. The molecule has 0 aromatic heterocycles. The number of aliphatic hydroxyl groups is 1. The lowest BCUT2D eigenvalue weighted by Gasteiger charge is -2.29. The Kier molecular flexibility index (Phi) is 7.93. The molecular formula is C24H35N5O5. The Morgan fingerprint density at radius 2 is 1.79 bits per heavy atom. The van der Waals surface area contributed by atoms with E-state index in [2.05, 4.69) is 5.32 Å². The number of likely N-dealkylation sites (tertiary alicyclic amines) is 2. The first-order valence-electron chi connectivity index (χ1n) is 11.6. The number of fused-ring (bicyclic) bond motifs is 1. The van der Waals surface area contributed by atoms with E-state index in [0.717, 1.165) is 5.69 Å². The van der Waals surface area contributed by atoms with Crippen molar-refractivity contribution in [2.45, 2.75) is 50.9 Å². The molecule has 10 heteroatoms. The van der Waals surface area contributed by atoms with Crippen molar-refractivity contribution in [2.24, 2.45) is 11.7 Å². The van der Waals surface area contributed by atoms with Crippen LogP contribution in [0.15, 0.2) is 24.3 Å². The summed E-state index contributed by atoms with van der Waals surface area (Å²) in [6.45, 7) is 3.58. The van der Waals surface area contributed by atoms with E-state index in [9.17, 15) is 24.3 Å². The highest BCUT2D eigenvalue weighted by molar-refractivity contribution is 6.01. The van der Waals surface area contributed by atoms with Crippen molar-refractivity contribution < 1.29 is 24.3 Å². The molecule has 2 aliphatic rings. The first-order valence-corrected chi connectivity index (χ1v) is 11.6. The van der Waals surface area contributed by atoms with Crippen LogP contribution in [-0.4, -0.2) is 96.4 Å². The molecule has 2 fully saturated rings. The molecule has 3 rings (SSSR count). The maximum Gasteiger partial charge on any atom is 0.251 e. The summed E-state index contributed by atoms with van der Waals surface area (Å²) < 4.78 is 0. The van der Waals surface area contributed by atoms with Gasteiger partial charge in [-0.25, -0.2) is 0 Å². The molecule has 2 aliphatic heterocycles. The van der Waals surface area contributed by atoms with Gasteiger partial charge in [0, 0.05) is 31.9 Å². The monoisotopic (exact) mass is 473 g/mol. The lowest BCUT2D eigenvalue weighted by molar-refractivity contribution is -0.138. The molecule has 0 spiro atoms. The number of carbonyl (C=O) groups excluding carboxylic acids is 4. The van der Waals surface area contributed by atoms with E-state index in [1.807, 2.05) is 45.0 Å². The van der Waals surface area contributed by atoms with Gasteiger partial charge in [0.2, 0.25) is 11.8 Å². The summed E-state index contributed by atoms with van der Waals surface area (Å²) in [4.78, 5) is 56.6. The normalized spacial score (nSPS) is 21.4. The maximum absolute atomic E-state index is 13.5. The Morgan fingerprint density at radius 3 is 2.35 bits per heavy atom. The third kappa shape index (κ3) is 5.23. The van der Waals surface area contributed by atoms with E-state index in [4.69, 9.17) is 5.73 Å². The lowest BCUT2D eigenvalue weighted by Crippen LogP contribution is -2.53. The second-order valence-corrected chi connectivity index (χ2v) is 9.65. The minimum Gasteiger partial charge on any atom is -0.394 e. The van der Waals surface area contributed by atoms with E-state index < -0.39 is 36.7 Å². The molecule has 2 saturated heterocycles. The number of nitrogens with one attached hydrogen (secondary N) is 1. The van der Waals surface area contributed by atoms with Gasteiger partial charge < -0.3 is 30.9 Å². The Morgan fingerprint density at radius 1 is 1.15 bits per heavy atom. The number of benzene rings is 1. The molecule has 3 amide bonds. The number of ketones is 1. The smallest absolute Gasteiger partial charge is 0.251 e. The largest absolute Gasteiger partial charge is 0.394 e. The van der Waals surface area contributed by atoms with Gasteiger partial charge in [-0.3, -0.25) is 19.2 Å². The van der Waals surface area contributed by atoms with E-state index >= 15 is 0 Å². The molecular weight excluding hydrogens is 438 g/mol. The van der Waals surface area contributed by atoms with Crippen LogP contribution in [0.5, 0.6) is 0 Å². The lowest BCUT2D eigenvalue weighted by atomic mass is 10.0. The first-order chi connectivity index (χ1) is 16.0. The standard InChI is InChI=1S/C24H35N5O5/c1-14(2)11-18(26-22(32)15-5-7-16(8-6-15)27(3)4)24(34)28-10-9-19-21(28)20(31)12-29(19)23(33)17(25)13-30/h5-8,14,17-19,21,30H,9-13,25H2,1-4H3,(H,26,32)/t17-,18-,19?,21-/m0/s1. The number of anilines is 1. The highest BCUT2D eigenvalue weighted by Gasteiger charge is 2.52. The second-order valence-electron chi connectivity index (χ2n) is 9.65. The molecule has 1 aromatic rings. The fraction of sp³-hybridized carbons (Fsp3) is 0.583. The van der Waals surface area contributed by atoms with Gasteiger partial charge >= 0.3 is 0 Å². The molecule has 10 nitrogen and oxygen atoms in total. The highest BCUT2D eigenvalue weighted by Crippen LogP contribution is 2.31. The number of nitrogens with zero attached hydrogens (tertiary/aromatic N) is 3. The zero-order chi connectivity index (χ0) is 25.2. The van der Waals surface area contributed by atoms with Gasteiger partial charge in [0.1, 0.15) is 18.1 Å². The summed E-state index contributed by atoms with van der Waals surface area (Å²) in [5, 5.41) is 12.1. The van der Waals surface area contributed by atoms with Gasteiger partial charge in [-0.1, -0.05) is 13.8 Å². The number of hydrogen-bond acceptors (Lipinski definition) is 7. The Balaban J connectivity index is 1.76. The number of nitrogens with two attached hydrogens (primary N) is 1. The minimum atomic E-state index is -1.09. The first kappa shape index (κ1) is 25.6. The van der Waals surface area contributed by atoms with Crippen molar-refractivity contribution in [2.75, 3.05) is 38.7 Å². The molecule has 0 radical (unpaired) electrons. The summed E-state index contributed by atoms with van der Waals surface area (Å²) in [5.74, 6) is -1.28. The van der Waals surface area contributed by atoms with Crippen molar-refractivity contribution in [1.82, 2.24) is 15.1 Å². The molecule has 0 aliphatic carbocycles. The van der Waals surface area contributed by atoms with Crippen LogP contribution in [0.25, 0.3) is 0 Å². The number of carbonyl (C=O) groups is 4. The SMILES string of the molecule is CC(C)C[C@H](NC(=O)c1ccc(N(C)C)cc1)C(=O)N1CCC2[C@H]1C(=O)CN2C(=O)[C@@H](N)CO. The summed E-state index contributed by atoms with van der Waals surface area (Å²) in [7, 11) is 3.82. The van der Waals surface area contributed by atoms with Gasteiger partial charge in [-0.15, -0.1) is 0 Å². The predicted molar refractivity (Wildman–Crippen MR) is 127 cm³/mol. The third-order valence-corrected chi connectivity index (χ3v) is 6.46. The van der Waals surface area contributed by atoms with E-state index in [-0.39, 0.29) is 30.1 Å². The summed E-state index contributed by atoms with van der Waals surface area (Å²) >= 11 is 0. The molecule has 0 saturated carbocycles. The van der Waals surface area contributed by atoms with E-state index in [1.165, 1.54) is 9.80 Å². The Bertz CT molecular complexity index is 932. The van der Waals surface area contributed by atoms with Gasteiger partial charge in [0.25, 0.3) is 5.91 Å². The van der Waals surface area contributed by atoms with Crippen molar-refractivity contribution >= 4 is 29.2 Å². The summed E-state index contributed by atoms with van der Waals surface area (Å²) in [5.41, 5.74) is 7.07. The van der Waals surface area contributed by atoms with Crippen molar-refractivity contribution in [3.63, 3.8) is 0 Å². The van der Waals surface area contributed by atoms with E-state index in [0.29, 0.717) is 24.9 Å². The number of Topliss-reactive ketones (excluding diaryl/α,β-unsaturated/α-hetero) is 1. The van der Waals surface area contributed by atoms with Crippen molar-refractivity contribution in [3.05, 3.63) is 29.8 Å². The Hall–Kier alpha value is -2.98. The Labute approximate surface area is 200 Å². The molecule has 1 aromatic carbocycles. The van der Waals surface area contributed by atoms with Gasteiger partial charge in [-0.2, -0.15) is 0 Å². The van der Waals surface area contributed by atoms with E-state index in [1.54, 1.807) is 12.1 Å². The van der Waals surface area contributed by atoms with Gasteiger partial charge in [0.05, 0.1) is 19.2 Å². The fourth-order valence-electron chi connectivity index (χ4n) is 4.69. The fourth-order valence-corrected chi connectivity index (χ4v) is 4.69. The van der Waals surface area contributed by atoms with Crippen LogP contribution in [0, 0.1) is 5.92 Å².